The van der Waals surface area contributed by atoms with Crippen LogP contribution >= 0.6 is 0 Å². The van der Waals surface area contributed by atoms with Gasteiger partial charge in [-0.15, -0.1) is 0 Å². The third-order valence-corrected chi connectivity index (χ3v) is 7.60. The van der Waals surface area contributed by atoms with Crippen LogP contribution in [0.3, 0.4) is 0 Å². The van der Waals surface area contributed by atoms with Crippen LogP contribution in [0.5, 0.6) is 5.75 Å². The zero-order valence-electron chi connectivity index (χ0n) is 24.6. The molecule has 0 spiro atoms. The van der Waals surface area contributed by atoms with Crippen LogP contribution in [-0.4, -0.2) is 68.1 Å². The molecule has 8 nitrogen and oxygen atoms in total. The average molecular weight is 578 g/mol. The molecule has 1 aliphatic rings. The minimum Gasteiger partial charge on any atom is -0.489 e. The smallest absolute Gasteiger partial charge is 0.326 e. The first-order chi connectivity index (χ1) is 21.0. The second-order valence-corrected chi connectivity index (χ2v) is 10.7. The van der Waals surface area contributed by atoms with E-state index in [-0.39, 0.29) is 11.9 Å². The van der Waals surface area contributed by atoms with Gasteiger partial charge in [0, 0.05) is 69.8 Å². The van der Waals surface area contributed by atoms with Gasteiger partial charge in [-0.1, -0.05) is 60.7 Å². The van der Waals surface area contributed by atoms with Crippen molar-refractivity contribution < 1.29 is 14.3 Å². The Labute approximate surface area is 253 Å². The van der Waals surface area contributed by atoms with Crippen LogP contribution in [0.25, 0.3) is 0 Å². The summed E-state index contributed by atoms with van der Waals surface area (Å²) in [4.78, 5) is 31.9. The van der Waals surface area contributed by atoms with Crippen LogP contribution < -0.4 is 20.3 Å². The van der Waals surface area contributed by atoms with E-state index < -0.39 is 0 Å². The number of anilines is 2. The van der Waals surface area contributed by atoms with E-state index in [4.69, 9.17) is 4.74 Å². The first-order valence-electron chi connectivity index (χ1n) is 14.7. The molecule has 1 aliphatic heterocycles. The molecule has 1 heterocycles. The Morgan fingerprint density at radius 2 is 1.35 bits per heavy atom. The van der Waals surface area contributed by atoms with E-state index in [1.54, 1.807) is 31.3 Å². The molecule has 4 aromatic carbocycles. The molecule has 3 amide bonds. The summed E-state index contributed by atoms with van der Waals surface area (Å²) in [6.45, 7) is 6.94. The summed E-state index contributed by atoms with van der Waals surface area (Å²) in [6, 6.07) is 34.6. The number of hydrogen-bond donors (Lipinski definition) is 2. The molecule has 43 heavy (non-hydrogen) atoms. The number of rotatable bonds is 11. The molecule has 1 fully saturated rings. The Bertz CT molecular complexity index is 1440. The van der Waals surface area contributed by atoms with E-state index in [2.05, 4.69) is 44.7 Å². The lowest BCUT2D eigenvalue weighted by atomic mass is 10.2. The molecule has 4 aromatic rings. The Balaban J connectivity index is 1.01. The monoisotopic (exact) mass is 577 g/mol. The average Bonchev–Trinajstić information content (AvgIpc) is 3.06. The minimum atomic E-state index is -0.279. The van der Waals surface area contributed by atoms with Crippen molar-refractivity contribution >= 4 is 23.3 Å². The third-order valence-electron chi connectivity index (χ3n) is 7.60. The fraction of sp³-hybridized carbons (Fsp3) is 0.257. The van der Waals surface area contributed by atoms with Crippen molar-refractivity contribution in [1.29, 1.82) is 0 Å². The number of carbonyl (C=O) groups is 2. The Morgan fingerprint density at radius 1 is 0.744 bits per heavy atom. The molecule has 1 saturated heterocycles. The first-order valence-corrected chi connectivity index (χ1v) is 14.7. The molecular formula is C35H39N5O3. The highest BCUT2D eigenvalue weighted by molar-refractivity contribution is 6.02. The standard InChI is InChI=1S/C35H39N5O3/c1-38(35(42)37-31-14-18-33(19-15-31)43-27-29-10-6-3-7-11-29)32-16-12-30(13-17-32)34(41)36-20-21-39-22-24-40(25-23-39)26-28-8-4-2-5-9-28/h2-19H,20-27H2,1H3,(H,36,41)(H,37,42). The summed E-state index contributed by atoms with van der Waals surface area (Å²) in [5.41, 5.74) is 4.35. The van der Waals surface area contributed by atoms with Gasteiger partial charge >= 0.3 is 6.03 Å². The molecule has 0 unspecified atom stereocenters. The molecule has 0 aliphatic carbocycles. The van der Waals surface area contributed by atoms with Gasteiger partial charge in [0.15, 0.2) is 0 Å². The van der Waals surface area contributed by atoms with Crippen LogP contribution in [0, 0.1) is 0 Å². The van der Waals surface area contributed by atoms with Crippen molar-refractivity contribution in [1.82, 2.24) is 15.1 Å². The van der Waals surface area contributed by atoms with Gasteiger partial charge in [-0.3, -0.25) is 19.5 Å². The van der Waals surface area contributed by atoms with Crippen LogP contribution in [0.1, 0.15) is 21.5 Å². The highest BCUT2D eigenvalue weighted by Crippen LogP contribution is 2.19. The summed E-state index contributed by atoms with van der Waals surface area (Å²) in [5.74, 6) is 0.612. The fourth-order valence-corrected chi connectivity index (χ4v) is 4.98. The molecule has 222 valence electrons. The number of piperazine rings is 1. The van der Waals surface area contributed by atoms with Crippen molar-refractivity contribution in [3.05, 3.63) is 126 Å². The Kier molecular flexibility index (Phi) is 10.4. The van der Waals surface area contributed by atoms with Gasteiger partial charge in [-0.05, 0) is 59.7 Å². The van der Waals surface area contributed by atoms with Crippen molar-refractivity contribution in [3.8, 4) is 5.75 Å². The van der Waals surface area contributed by atoms with Crippen molar-refractivity contribution in [2.75, 3.05) is 56.5 Å². The van der Waals surface area contributed by atoms with Crippen LogP contribution in [-0.2, 0) is 13.2 Å². The van der Waals surface area contributed by atoms with Crippen LogP contribution in [0.15, 0.2) is 109 Å². The SMILES string of the molecule is CN(C(=O)Nc1ccc(OCc2ccccc2)cc1)c1ccc(C(=O)NCCN2CCN(Cc3ccccc3)CC2)cc1. The normalized spacial score (nSPS) is 13.7. The number of nitrogens with zero attached hydrogens (tertiary/aromatic N) is 3. The number of ether oxygens (including phenoxy) is 1. The van der Waals surface area contributed by atoms with Crippen molar-refractivity contribution in [2.45, 2.75) is 13.2 Å². The quantitative estimate of drug-likeness (QED) is 0.247. The second kappa shape index (κ2) is 15.0. The molecule has 0 atom stereocenters. The van der Waals surface area contributed by atoms with Gasteiger partial charge < -0.3 is 15.4 Å². The lowest BCUT2D eigenvalue weighted by Gasteiger charge is -2.34. The van der Waals surface area contributed by atoms with Crippen LogP contribution in [0.4, 0.5) is 16.2 Å². The molecular weight excluding hydrogens is 538 g/mol. The van der Waals surface area contributed by atoms with Gasteiger partial charge in [0.05, 0.1) is 0 Å². The summed E-state index contributed by atoms with van der Waals surface area (Å²) >= 11 is 0. The largest absolute Gasteiger partial charge is 0.489 e. The highest BCUT2D eigenvalue weighted by Gasteiger charge is 2.17. The molecule has 0 bridgehead atoms. The highest BCUT2D eigenvalue weighted by atomic mass is 16.5. The first kappa shape index (κ1) is 29.8. The molecule has 0 radical (unpaired) electrons. The Morgan fingerprint density at radius 3 is 2.00 bits per heavy atom. The summed E-state index contributed by atoms with van der Waals surface area (Å²) in [7, 11) is 1.70. The minimum absolute atomic E-state index is 0.115. The predicted molar refractivity (Wildman–Crippen MR) is 172 cm³/mol. The zero-order valence-corrected chi connectivity index (χ0v) is 24.6. The third kappa shape index (κ3) is 8.91. The number of hydrogen-bond acceptors (Lipinski definition) is 5. The van der Waals surface area contributed by atoms with Gasteiger partial charge in [0.1, 0.15) is 12.4 Å². The van der Waals surface area contributed by atoms with Crippen molar-refractivity contribution in [3.63, 3.8) is 0 Å². The van der Waals surface area contributed by atoms with E-state index in [1.807, 2.05) is 60.7 Å². The lowest BCUT2D eigenvalue weighted by molar-refractivity contribution is 0.0934. The summed E-state index contributed by atoms with van der Waals surface area (Å²) in [6.07, 6.45) is 0. The zero-order chi connectivity index (χ0) is 29.9. The maximum atomic E-state index is 12.8. The summed E-state index contributed by atoms with van der Waals surface area (Å²) in [5, 5.41) is 5.92. The maximum absolute atomic E-state index is 12.8. The van der Waals surface area contributed by atoms with Crippen LogP contribution in [0.2, 0.25) is 0 Å². The van der Waals surface area contributed by atoms with E-state index in [9.17, 15) is 9.59 Å². The lowest BCUT2D eigenvalue weighted by Crippen LogP contribution is -2.48. The predicted octanol–water partition coefficient (Wildman–Crippen LogP) is 5.48. The summed E-state index contributed by atoms with van der Waals surface area (Å²) < 4.78 is 5.82. The van der Waals surface area contributed by atoms with Gasteiger partial charge in [0.25, 0.3) is 5.91 Å². The number of benzene rings is 4. The molecule has 5 rings (SSSR count). The number of nitrogens with one attached hydrogen (secondary N) is 2. The fourth-order valence-electron chi connectivity index (χ4n) is 4.98. The second-order valence-electron chi connectivity index (χ2n) is 10.7. The number of carbonyl (C=O) groups excluding carboxylic acids is 2. The maximum Gasteiger partial charge on any atom is 0.326 e. The number of amides is 3. The van der Waals surface area contributed by atoms with E-state index in [0.29, 0.717) is 30.1 Å². The molecule has 0 saturated carbocycles. The molecule has 0 aromatic heterocycles. The molecule has 8 heteroatoms. The Hall–Kier alpha value is -4.66. The molecule has 2 N–H and O–H groups in total. The van der Waals surface area contributed by atoms with Gasteiger partial charge in [-0.25, -0.2) is 4.79 Å². The number of urea groups is 1. The topological polar surface area (TPSA) is 77.1 Å². The van der Waals surface area contributed by atoms with E-state index in [1.165, 1.54) is 10.5 Å². The van der Waals surface area contributed by atoms with Gasteiger partial charge in [0.2, 0.25) is 0 Å². The van der Waals surface area contributed by atoms with E-state index >= 15 is 0 Å². The van der Waals surface area contributed by atoms with E-state index in [0.717, 1.165) is 50.6 Å². The van der Waals surface area contributed by atoms with Crippen molar-refractivity contribution in [2.24, 2.45) is 0 Å². The van der Waals surface area contributed by atoms with Gasteiger partial charge in [-0.2, -0.15) is 0 Å².